The fourth-order valence-electron chi connectivity index (χ4n) is 4.42. The van der Waals surface area contributed by atoms with Crippen molar-refractivity contribution in [3.05, 3.63) is 76.8 Å². The Morgan fingerprint density at radius 1 is 0.944 bits per heavy atom. The molecule has 188 valence electrons. The van der Waals surface area contributed by atoms with Crippen molar-refractivity contribution in [1.29, 1.82) is 0 Å². The first-order valence-electron chi connectivity index (χ1n) is 11.1. The number of halogens is 2. The predicted molar refractivity (Wildman–Crippen MR) is 140 cm³/mol. The van der Waals surface area contributed by atoms with E-state index in [4.69, 9.17) is 23.2 Å². The van der Waals surface area contributed by atoms with Crippen LogP contribution in [0.1, 0.15) is 19.8 Å². The highest BCUT2D eigenvalue weighted by atomic mass is 35.5. The summed E-state index contributed by atoms with van der Waals surface area (Å²) in [5, 5.41) is 15.9. The molecule has 1 aliphatic heterocycles. The van der Waals surface area contributed by atoms with Crippen LogP contribution in [0.4, 0.5) is 21.0 Å². The van der Waals surface area contributed by atoms with Crippen LogP contribution < -0.4 is 10.6 Å². The first kappa shape index (κ1) is 26.0. The monoisotopic (exact) mass is 548 g/mol. The van der Waals surface area contributed by atoms with Gasteiger partial charge in [-0.2, -0.15) is 13.2 Å². The van der Waals surface area contributed by atoms with Crippen molar-refractivity contribution in [3.63, 3.8) is 0 Å². The third-order valence-corrected chi connectivity index (χ3v) is 9.36. The first-order valence-corrected chi connectivity index (χ1v) is 13.3. The van der Waals surface area contributed by atoms with E-state index in [0.29, 0.717) is 34.3 Å². The van der Waals surface area contributed by atoms with Crippen molar-refractivity contribution in [2.24, 2.45) is 0 Å². The molecule has 0 spiro atoms. The number of carboxylic acid groups (broad SMARTS) is 1. The van der Waals surface area contributed by atoms with E-state index in [0.717, 1.165) is 11.1 Å². The van der Waals surface area contributed by atoms with Gasteiger partial charge in [-0.3, -0.25) is 0 Å². The van der Waals surface area contributed by atoms with Gasteiger partial charge in [0.25, 0.3) is 0 Å². The lowest BCUT2D eigenvalue weighted by Gasteiger charge is -2.30. The van der Waals surface area contributed by atoms with Crippen molar-refractivity contribution >= 4 is 56.7 Å². The fraction of sp³-hybridized carbons (Fsp3) is 0.200. The molecule has 3 aromatic carbocycles. The van der Waals surface area contributed by atoms with Gasteiger partial charge < -0.3 is 15.7 Å². The molecule has 0 aromatic heterocycles. The minimum absolute atomic E-state index is 0.0294. The number of nitrogens with one attached hydrogen (secondary N) is 2. The fourth-order valence-corrected chi connectivity index (χ4v) is 6.89. The molecule has 4 rings (SSSR count). The summed E-state index contributed by atoms with van der Waals surface area (Å²) in [6.07, 6.45) is -0.278. The smallest absolute Gasteiger partial charge is 0.435 e. The molecule has 3 amide bonds. The molecule has 8 nitrogen and oxygen atoms in total. The molecule has 1 heterocycles. The third kappa shape index (κ3) is 4.79. The molecule has 0 aliphatic carbocycles. The quantitative estimate of drug-likeness (QED) is 0.308. The molecule has 0 radical (unpaired) electrons. The van der Waals surface area contributed by atoms with Gasteiger partial charge in [-0.25, -0.2) is 4.79 Å². The molecule has 1 unspecified atom stereocenters. The Labute approximate surface area is 219 Å². The van der Waals surface area contributed by atoms with E-state index < -0.39 is 32.1 Å². The number of quaternary nitrogens is 1. The number of likely N-dealkylation sites (tertiary alicyclic amines) is 1. The van der Waals surface area contributed by atoms with Crippen LogP contribution in [-0.2, 0) is 10.0 Å². The largest absolute Gasteiger partial charge is 0.529 e. The lowest BCUT2D eigenvalue weighted by molar-refractivity contribution is -0.741. The minimum atomic E-state index is -4.13. The number of carbonyl (C=O) groups is 2. The number of rotatable bonds is 5. The van der Waals surface area contributed by atoms with Gasteiger partial charge in [-0.05, 0) is 60.5 Å². The molecular formula is C25H24Cl2N3O5S+. The maximum atomic E-state index is 13.3. The van der Waals surface area contributed by atoms with Gasteiger partial charge in [-0.15, -0.1) is 3.89 Å². The average molecular weight is 549 g/mol. The average Bonchev–Trinajstić information content (AvgIpc) is 3.24. The van der Waals surface area contributed by atoms with Crippen LogP contribution in [0.15, 0.2) is 71.6 Å². The summed E-state index contributed by atoms with van der Waals surface area (Å²) >= 11 is 11.9. The molecule has 0 bridgehead atoms. The van der Waals surface area contributed by atoms with Crippen molar-refractivity contribution in [2.45, 2.75) is 30.7 Å². The SMILES string of the molecule is C[C@@H]1CCC[N+]1(C(=O)O)S(=O)(=O)c1ccc(-c2ccc(NC(=O)Nc3ccc(Cl)cc3Cl)cc2)cc1. The van der Waals surface area contributed by atoms with Gasteiger partial charge in [0.05, 0.1) is 10.7 Å². The molecule has 0 saturated carbocycles. The number of urea groups is 1. The molecule has 2 atom stereocenters. The normalized spacial score (nSPS) is 19.6. The summed E-state index contributed by atoms with van der Waals surface area (Å²) in [6.45, 7) is 1.71. The molecule has 1 aliphatic rings. The minimum Gasteiger partial charge on any atom is -0.435 e. The molecule has 1 saturated heterocycles. The van der Waals surface area contributed by atoms with E-state index in [-0.39, 0.29) is 11.4 Å². The van der Waals surface area contributed by atoms with E-state index >= 15 is 0 Å². The van der Waals surface area contributed by atoms with Crippen LogP contribution in [0.2, 0.25) is 10.0 Å². The van der Waals surface area contributed by atoms with Crippen molar-refractivity contribution < 1.29 is 27.0 Å². The van der Waals surface area contributed by atoms with Crippen LogP contribution in [0, 0.1) is 0 Å². The molecule has 3 aromatic rings. The zero-order chi connectivity index (χ0) is 26.1. The van der Waals surface area contributed by atoms with E-state index in [1.807, 2.05) is 0 Å². The summed E-state index contributed by atoms with van der Waals surface area (Å²) < 4.78 is 25.6. The lowest BCUT2D eigenvalue weighted by Crippen LogP contribution is -2.58. The summed E-state index contributed by atoms with van der Waals surface area (Å²) in [5.41, 5.74) is 2.49. The molecular weight excluding hydrogens is 525 g/mol. The summed E-state index contributed by atoms with van der Waals surface area (Å²) in [5.74, 6) is 0. The summed E-state index contributed by atoms with van der Waals surface area (Å²) in [4.78, 5) is 24.3. The van der Waals surface area contributed by atoms with E-state index in [2.05, 4.69) is 10.6 Å². The molecule has 1 fully saturated rings. The van der Waals surface area contributed by atoms with Crippen LogP contribution in [0.5, 0.6) is 0 Å². The number of amides is 3. The number of hydrogen-bond acceptors (Lipinski definition) is 4. The third-order valence-electron chi connectivity index (χ3n) is 6.38. The summed E-state index contributed by atoms with van der Waals surface area (Å²) in [6, 6.07) is 16.9. The van der Waals surface area contributed by atoms with Gasteiger partial charge in [0.2, 0.25) is 0 Å². The second-order valence-corrected chi connectivity index (χ2v) is 11.5. The summed E-state index contributed by atoms with van der Waals surface area (Å²) in [7, 11) is -4.13. The van der Waals surface area contributed by atoms with E-state index in [9.17, 15) is 23.1 Å². The van der Waals surface area contributed by atoms with Crippen molar-refractivity contribution in [2.75, 3.05) is 17.2 Å². The standard InChI is InChI=1S/C25H23Cl2N3O5S/c1-16-3-2-14-30(16,25(32)33)36(34,35)21-11-6-18(7-12-21)17-4-9-20(10-5-17)28-24(31)29-23-13-8-19(26)15-22(23)27/h4-13,15-16H,2-3,14H2,1H3,(H2-,28,29,31,32,33)/p+1/t16-,30?/m1/s1. The predicted octanol–water partition coefficient (Wildman–Crippen LogP) is 6.67. The van der Waals surface area contributed by atoms with Gasteiger partial charge >= 0.3 is 22.1 Å². The first-order chi connectivity index (χ1) is 17.0. The molecule has 36 heavy (non-hydrogen) atoms. The van der Waals surface area contributed by atoms with Crippen molar-refractivity contribution in [3.8, 4) is 11.1 Å². The Morgan fingerprint density at radius 3 is 2.08 bits per heavy atom. The van der Waals surface area contributed by atoms with E-state index in [1.54, 1.807) is 55.5 Å². The molecule has 3 N–H and O–H groups in total. The van der Waals surface area contributed by atoms with Crippen LogP contribution in [0.3, 0.4) is 0 Å². The highest BCUT2D eigenvalue weighted by molar-refractivity contribution is 7.86. The Bertz CT molecular complexity index is 1410. The highest BCUT2D eigenvalue weighted by Crippen LogP contribution is 2.36. The van der Waals surface area contributed by atoms with Gasteiger partial charge in [-0.1, -0.05) is 47.5 Å². The number of sulfonamides is 1. The Morgan fingerprint density at radius 2 is 1.56 bits per heavy atom. The van der Waals surface area contributed by atoms with E-state index in [1.165, 1.54) is 18.2 Å². The number of carbonyl (C=O) groups excluding carboxylic acids is 1. The number of nitrogens with zero attached hydrogens (tertiary/aromatic N) is 1. The van der Waals surface area contributed by atoms with Gasteiger partial charge in [0.15, 0.2) is 0 Å². The number of benzene rings is 3. The topological polar surface area (TPSA) is 113 Å². The maximum absolute atomic E-state index is 13.3. The zero-order valence-corrected chi connectivity index (χ0v) is 21.6. The molecule has 11 heteroatoms. The lowest BCUT2D eigenvalue weighted by atomic mass is 10.1. The van der Waals surface area contributed by atoms with Crippen LogP contribution in [-0.4, -0.2) is 42.1 Å². The van der Waals surface area contributed by atoms with Gasteiger partial charge in [0, 0.05) is 23.6 Å². The Balaban J connectivity index is 1.47. The Kier molecular flexibility index (Phi) is 7.28. The Hall–Kier alpha value is -3.11. The van der Waals surface area contributed by atoms with Crippen LogP contribution in [0.25, 0.3) is 11.1 Å². The van der Waals surface area contributed by atoms with Gasteiger partial charge in [0.1, 0.15) is 17.5 Å². The van der Waals surface area contributed by atoms with Crippen LogP contribution >= 0.6 is 23.2 Å². The number of anilines is 2. The highest BCUT2D eigenvalue weighted by Gasteiger charge is 2.57. The van der Waals surface area contributed by atoms with Crippen molar-refractivity contribution in [1.82, 2.24) is 0 Å². The number of hydrogen-bond donors (Lipinski definition) is 3. The second kappa shape index (κ2) is 10.1. The zero-order valence-electron chi connectivity index (χ0n) is 19.2. The second-order valence-electron chi connectivity index (χ2n) is 8.57. The maximum Gasteiger partial charge on any atom is 0.529 e.